The largest absolute Gasteiger partial charge is 0.411 e. The highest BCUT2D eigenvalue weighted by Crippen LogP contribution is 2.64. The molecule has 0 aromatic heterocycles. The molecule has 6 atom stereocenters. The second kappa shape index (κ2) is 6.87. The van der Waals surface area contributed by atoms with Gasteiger partial charge in [-0.05, 0) is 68.1 Å². The van der Waals surface area contributed by atoms with Crippen molar-refractivity contribution in [2.75, 3.05) is 13.2 Å². The predicted octanol–water partition coefficient (Wildman–Crippen LogP) is 3.37. The molecule has 0 aromatic rings. The van der Waals surface area contributed by atoms with E-state index in [1.807, 2.05) is 0 Å². The minimum absolute atomic E-state index is 0.211. The Morgan fingerprint density at radius 1 is 1.19 bits per heavy atom. The summed E-state index contributed by atoms with van der Waals surface area (Å²) in [6.07, 6.45) is 7.47. The lowest BCUT2D eigenvalue weighted by Crippen LogP contribution is -2.57. The van der Waals surface area contributed by atoms with E-state index in [4.69, 9.17) is 10.6 Å². The van der Waals surface area contributed by atoms with Gasteiger partial charge in [-0.1, -0.05) is 24.2 Å². The topological polar surface area (TPSA) is 97.3 Å². The van der Waals surface area contributed by atoms with E-state index in [2.05, 4.69) is 24.2 Å². The molecule has 0 saturated heterocycles. The Bertz CT molecular complexity index is 676. The summed E-state index contributed by atoms with van der Waals surface area (Å²) in [5.41, 5.74) is 7.53. The predicted molar refractivity (Wildman–Crippen MR) is 104 cm³/mol. The van der Waals surface area contributed by atoms with Gasteiger partial charge in [0.15, 0.2) is 0 Å². The van der Waals surface area contributed by atoms with E-state index in [-0.39, 0.29) is 16.7 Å². The number of hydrogen-bond donors (Lipinski definition) is 2. The molecule has 1 unspecified atom stereocenters. The van der Waals surface area contributed by atoms with Crippen LogP contribution in [0.3, 0.4) is 0 Å². The van der Waals surface area contributed by atoms with Gasteiger partial charge in [0.25, 0.3) is 0 Å². The molecule has 0 heterocycles. The molecule has 4 aliphatic carbocycles. The normalized spacial score (nSPS) is 46.9. The summed E-state index contributed by atoms with van der Waals surface area (Å²) in [5.74, 6) is 1.95. The van der Waals surface area contributed by atoms with Gasteiger partial charge in [0, 0.05) is 24.3 Å². The summed E-state index contributed by atoms with van der Waals surface area (Å²) < 4.78 is 0. The molecule has 6 nitrogen and oxygen atoms in total. The first-order valence-corrected chi connectivity index (χ1v) is 10.6. The van der Waals surface area contributed by atoms with E-state index in [1.54, 1.807) is 0 Å². The van der Waals surface area contributed by atoms with E-state index in [1.165, 1.54) is 0 Å². The summed E-state index contributed by atoms with van der Waals surface area (Å²) in [4.78, 5) is 17.9. The zero-order chi connectivity index (χ0) is 19.2. The van der Waals surface area contributed by atoms with Crippen LogP contribution in [0, 0.1) is 34.5 Å². The number of nitrogens with two attached hydrogens (primary N) is 1. The van der Waals surface area contributed by atoms with Crippen molar-refractivity contribution in [3.63, 3.8) is 0 Å². The SMILES string of the molecule is C[C@]12CC/C(=N/OCCN)CC1C/C(=N/O)[C@@H]1[C@@H]2CC[C@]2(C)C(=O)CC[C@@H]12. The average molecular weight is 376 g/mol. The molecule has 0 spiro atoms. The van der Waals surface area contributed by atoms with Gasteiger partial charge >= 0.3 is 0 Å². The monoisotopic (exact) mass is 375 g/mol. The Labute approximate surface area is 161 Å². The second-order valence-corrected chi connectivity index (χ2v) is 9.64. The number of carbonyl (C=O) groups excluding carboxylic acids is 1. The van der Waals surface area contributed by atoms with E-state index < -0.39 is 0 Å². The first kappa shape index (κ1) is 18.9. The van der Waals surface area contributed by atoms with Gasteiger partial charge in [-0.2, -0.15) is 0 Å². The van der Waals surface area contributed by atoms with Crippen LogP contribution in [0.15, 0.2) is 10.3 Å². The number of rotatable bonds is 3. The second-order valence-electron chi connectivity index (χ2n) is 9.64. The Morgan fingerprint density at radius 2 is 2.00 bits per heavy atom. The molecule has 3 N–H and O–H groups in total. The first-order valence-electron chi connectivity index (χ1n) is 10.6. The third kappa shape index (κ3) is 2.82. The summed E-state index contributed by atoms with van der Waals surface area (Å²) >= 11 is 0. The zero-order valence-corrected chi connectivity index (χ0v) is 16.6. The van der Waals surface area contributed by atoms with Crippen molar-refractivity contribution in [2.45, 2.75) is 65.2 Å². The van der Waals surface area contributed by atoms with Crippen LogP contribution in [0.4, 0.5) is 0 Å². The van der Waals surface area contributed by atoms with Crippen LogP contribution in [0.5, 0.6) is 0 Å². The molecule has 27 heavy (non-hydrogen) atoms. The molecule has 0 aliphatic heterocycles. The van der Waals surface area contributed by atoms with E-state index >= 15 is 0 Å². The molecular weight excluding hydrogens is 342 g/mol. The molecule has 0 radical (unpaired) electrons. The lowest BCUT2D eigenvalue weighted by molar-refractivity contribution is -0.131. The van der Waals surface area contributed by atoms with Crippen LogP contribution in [0.25, 0.3) is 0 Å². The average Bonchev–Trinajstić information content (AvgIpc) is 2.96. The number of Topliss-reactive ketones (excluding diaryl/α,β-unsaturated/α-hetero) is 1. The molecule has 4 rings (SSSR count). The minimum atomic E-state index is -0.211. The van der Waals surface area contributed by atoms with Crippen LogP contribution in [-0.4, -0.2) is 35.6 Å². The number of ketones is 1. The number of fused-ring (bicyclic) bond motifs is 5. The van der Waals surface area contributed by atoms with Crippen LogP contribution in [-0.2, 0) is 9.63 Å². The highest BCUT2D eigenvalue weighted by molar-refractivity contribution is 5.94. The third-order valence-electron chi connectivity index (χ3n) is 8.56. The Morgan fingerprint density at radius 3 is 2.74 bits per heavy atom. The highest BCUT2D eigenvalue weighted by Gasteiger charge is 2.62. The lowest BCUT2D eigenvalue weighted by Gasteiger charge is -2.59. The maximum atomic E-state index is 12.6. The fraction of sp³-hybridized carbons (Fsp3) is 0.857. The molecule has 0 aromatic carbocycles. The number of oxime groups is 2. The fourth-order valence-electron chi connectivity index (χ4n) is 6.92. The fourth-order valence-corrected chi connectivity index (χ4v) is 6.92. The molecule has 150 valence electrons. The first-order chi connectivity index (χ1) is 12.9. The number of nitrogens with zero attached hydrogens (tertiary/aromatic N) is 2. The van der Waals surface area contributed by atoms with Gasteiger partial charge < -0.3 is 15.8 Å². The van der Waals surface area contributed by atoms with Crippen molar-refractivity contribution in [3.05, 3.63) is 0 Å². The maximum absolute atomic E-state index is 12.6. The standard InChI is InChI=1S/C21H33N3O3/c1-20-7-5-14(24-27-10-9-22)11-13(20)12-17(23-26)19-15-3-4-18(25)21(15,2)8-6-16(19)20/h13,15-16,19,26H,3-12,22H2,1-2H3/b23-17-,24-14-/t13?,15-,16-,19-,20-,21-/m0/s1. The van der Waals surface area contributed by atoms with Gasteiger partial charge in [-0.15, -0.1) is 0 Å². The van der Waals surface area contributed by atoms with Gasteiger partial charge in [0.2, 0.25) is 0 Å². The summed E-state index contributed by atoms with van der Waals surface area (Å²) in [5, 5.41) is 17.9. The summed E-state index contributed by atoms with van der Waals surface area (Å²) in [6, 6.07) is 0. The molecule has 4 aliphatic rings. The van der Waals surface area contributed by atoms with E-state index in [9.17, 15) is 10.0 Å². The van der Waals surface area contributed by atoms with Gasteiger partial charge in [0.1, 0.15) is 12.4 Å². The van der Waals surface area contributed by atoms with Crippen molar-refractivity contribution >= 4 is 17.2 Å². The quantitative estimate of drug-likeness (QED) is 0.449. The van der Waals surface area contributed by atoms with Crippen molar-refractivity contribution in [2.24, 2.45) is 50.5 Å². The summed E-state index contributed by atoms with van der Waals surface area (Å²) in [7, 11) is 0. The third-order valence-corrected chi connectivity index (χ3v) is 8.56. The van der Waals surface area contributed by atoms with Gasteiger partial charge in [-0.25, -0.2) is 0 Å². The van der Waals surface area contributed by atoms with Crippen LogP contribution < -0.4 is 5.73 Å². The van der Waals surface area contributed by atoms with Crippen LogP contribution in [0.2, 0.25) is 0 Å². The van der Waals surface area contributed by atoms with Crippen LogP contribution >= 0.6 is 0 Å². The Hall–Kier alpha value is -1.43. The van der Waals surface area contributed by atoms with Crippen molar-refractivity contribution < 1.29 is 14.8 Å². The minimum Gasteiger partial charge on any atom is -0.411 e. The van der Waals surface area contributed by atoms with Crippen molar-refractivity contribution in [1.82, 2.24) is 0 Å². The smallest absolute Gasteiger partial charge is 0.139 e. The van der Waals surface area contributed by atoms with Gasteiger partial charge in [-0.3, -0.25) is 4.79 Å². The Kier molecular flexibility index (Phi) is 4.81. The Balaban J connectivity index is 1.61. The molecule has 4 saturated carbocycles. The molecule has 4 fully saturated rings. The van der Waals surface area contributed by atoms with Crippen molar-refractivity contribution in [3.8, 4) is 0 Å². The molecule has 0 bridgehead atoms. The zero-order valence-electron chi connectivity index (χ0n) is 16.6. The van der Waals surface area contributed by atoms with Crippen LogP contribution in [0.1, 0.15) is 65.2 Å². The van der Waals surface area contributed by atoms with E-state index in [0.717, 1.165) is 56.4 Å². The lowest BCUT2D eigenvalue weighted by atomic mass is 9.45. The molecule has 6 heteroatoms. The summed E-state index contributed by atoms with van der Waals surface area (Å²) in [6.45, 7) is 5.52. The molecular formula is C21H33N3O3. The van der Waals surface area contributed by atoms with Crippen molar-refractivity contribution in [1.29, 1.82) is 0 Å². The van der Waals surface area contributed by atoms with Gasteiger partial charge in [0.05, 0.1) is 11.4 Å². The highest BCUT2D eigenvalue weighted by atomic mass is 16.6. The number of carbonyl (C=O) groups is 1. The maximum Gasteiger partial charge on any atom is 0.139 e. The number of hydrogen-bond acceptors (Lipinski definition) is 6. The van der Waals surface area contributed by atoms with E-state index in [0.29, 0.717) is 43.1 Å². The molecule has 0 amide bonds.